The van der Waals surface area contributed by atoms with E-state index in [4.69, 9.17) is 34.4 Å². The molecule has 10 amide bonds. The smallest absolute Gasteiger partial charge is 0.245 e. The van der Waals surface area contributed by atoms with Gasteiger partial charge in [0.15, 0.2) is 5.96 Å². The predicted octanol–water partition coefficient (Wildman–Crippen LogP) is -4.34. The van der Waals surface area contributed by atoms with Crippen LogP contribution in [-0.4, -0.2) is 157 Å². The molecule has 430 valence electrons. The summed E-state index contributed by atoms with van der Waals surface area (Å²) in [6.07, 6.45) is 0.961. The number of nitrogens with zero attached hydrogens (tertiary/aromatic N) is 1. The fourth-order valence-corrected chi connectivity index (χ4v) is 7.43. The van der Waals surface area contributed by atoms with Crippen molar-refractivity contribution in [2.75, 3.05) is 26.2 Å². The van der Waals surface area contributed by atoms with Gasteiger partial charge in [-0.05, 0) is 116 Å². The molecule has 0 radical (unpaired) electrons. The van der Waals surface area contributed by atoms with Gasteiger partial charge in [0.25, 0.3) is 0 Å². The van der Waals surface area contributed by atoms with E-state index in [0.717, 1.165) is 0 Å². The van der Waals surface area contributed by atoms with Crippen LogP contribution in [-0.2, 0) is 47.9 Å². The van der Waals surface area contributed by atoms with Crippen LogP contribution >= 0.6 is 0 Å². The first-order chi connectivity index (χ1) is 35.1. The number of amides is 10. The summed E-state index contributed by atoms with van der Waals surface area (Å²) in [5, 5.41) is 34.2. The standard InChI is InChI=1S/C48H92N16O11/c1-10-27(6)37(46(74)60-32(17-12-14-20-50)43(71)64-38(30(9)65)47(75)62-34(22-25(2)3)44(72)57-28(7)39(52)67)63-42(70)33(18-15-21-55-48(53)54)58-41(69)31(16-11-13-19-49)59-45(73)35(23-26(4)5)61-40(68)29(8)56-36(66)24-51/h25-35,37-38,65H,10-24,49-51H2,1-9H3,(H2,52,67)(H,56,66)(H,57,72)(H,58,69)(H,59,73)(H,60,74)(H,61,68)(H,62,75)(H,63,70)(H,64,71)(H4,53,54,55)/t27-,28-,29-,30+,31-,32-,33-,34-,35-,37-,38-/m0/s1. The Morgan fingerprint density at radius 1 is 0.453 bits per heavy atom. The molecule has 0 bridgehead atoms. The molecule has 22 N–H and O–H groups in total. The summed E-state index contributed by atoms with van der Waals surface area (Å²) < 4.78 is 0. The molecule has 0 spiro atoms. The second-order valence-electron chi connectivity index (χ2n) is 19.8. The van der Waals surface area contributed by atoms with Gasteiger partial charge >= 0.3 is 0 Å². The maximum atomic E-state index is 14.4. The van der Waals surface area contributed by atoms with Gasteiger partial charge in [0, 0.05) is 6.54 Å². The van der Waals surface area contributed by atoms with Crippen LogP contribution in [0.5, 0.6) is 0 Å². The monoisotopic (exact) mass is 1070 g/mol. The van der Waals surface area contributed by atoms with Crippen molar-refractivity contribution in [3.63, 3.8) is 0 Å². The van der Waals surface area contributed by atoms with Crippen molar-refractivity contribution >= 4 is 65.0 Å². The van der Waals surface area contributed by atoms with Crippen LogP contribution in [0.4, 0.5) is 0 Å². The minimum Gasteiger partial charge on any atom is -0.391 e. The zero-order chi connectivity index (χ0) is 57.5. The lowest BCUT2D eigenvalue weighted by Crippen LogP contribution is -2.62. The number of unbranched alkanes of at least 4 members (excludes halogenated alkanes) is 2. The molecular weight excluding hydrogens is 977 g/mol. The summed E-state index contributed by atoms with van der Waals surface area (Å²) in [5.74, 6) is -8.67. The highest BCUT2D eigenvalue weighted by Gasteiger charge is 2.37. The van der Waals surface area contributed by atoms with Crippen LogP contribution in [0.2, 0.25) is 0 Å². The Hall–Kier alpha value is -6.19. The van der Waals surface area contributed by atoms with Gasteiger partial charge in [-0.1, -0.05) is 48.0 Å². The summed E-state index contributed by atoms with van der Waals surface area (Å²) in [4.78, 5) is 138. The second-order valence-corrected chi connectivity index (χ2v) is 19.8. The number of aliphatic hydroxyl groups is 1. The van der Waals surface area contributed by atoms with Crippen molar-refractivity contribution in [2.45, 2.75) is 193 Å². The van der Waals surface area contributed by atoms with E-state index in [1.165, 1.54) is 20.8 Å². The third-order valence-corrected chi connectivity index (χ3v) is 12.0. The Balaban J connectivity index is 6.90. The number of carbonyl (C=O) groups is 10. The summed E-state index contributed by atoms with van der Waals surface area (Å²) in [5.41, 5.74) is 33.3. The molecule has 0 fully saturated rings. The quantitative estimate of drug-likeness (QED) is 0.0158. The van der Waals surface area contributed by atoms with Crippen LogP contribution in [0, 0.1) is 17.8 Å². The van der Waals surface area contributed by atoms with E-state index < -0.39 is 125 Å². The number of aliphatic hydroxyl groups excluding tert-OH is 1. The molecule has 0 heterocycles. The van der Waals surface area contributed by atoms with Gasteiger partial charge < -0.3 is 87.4 Å². The Morgan fingerprint density at radius 3 is 1.25 bits per heavy atom. The van der Waals surface area contributed by atoms with E-state index in [0.29, 0.717) is 32.1 Å². The summed E-state index contributed by atoms with van der Waals surface area (Å²) in [6.45, 7) is 15.0. The molecule has 11 atom stereocenters. The van der Waals surface area contributed by atoms with Crippen molar-refractivity contribution < 1.29 is 53.1 Å². The number of nitrogens with one attached hydrogen (secondary N) is 9. The molecule has 0 aromatic rings. The summed E-state index contributed by atoms with van der Waals surface area (Å²) in [7, 11) is 0. The van der Waals surface area contributed by atoms with E-state index in [-0.39, 0.29) is 82.5 Å². The minimum atomic E-state index is -1.63. The summed E-state index contributed by atoms with van der Waals surface area (Å²) >= 11 is 0. The highest BCUT2D eigenvalue weighted by molar-refractivity contribution is 5.98. The SMILES string of the molecule is CC[C@H](C)[C@H](NC(=O)[C@H](CCCN=C(N)N)NC(=O)[C@H](CCCCN)NC(=O)[C@H](CC(C)C)NC(=O)[C@H](C)NC(=O)CN)C(=O)N[C@@H](CCCCN)C(=O)N[C@H](C(=O)N[C@@H](CC(C)C)C(=O)N[C@@H](C)C(N)=O)[C@@H](C)O. The Bertz CT molecular complexity index is 1880. The third kappa shape index (κ3) is 27.8. The van der Waals surface area contributed by atoms with Crippen molar-refractivity contribution in [1.82, 2.24) is 47.9 Å². The molecule has 0 rings (SSSR count). The Labute approximate surface area is 441 Å². The average Bonchev–Trinajstić information content (AvgIpc) is 3.33. The van der Waals surface area contributed by atoms with Crippen molar-refractivity contribution in [2.24, 2.45) is 57.1 Å². The number of aliphatic imine (C=N–C) groups is 1. The molecule has 0 aliphatic rings. The average molecular weight is 1070 g/mol. The first kappa shape index (κ1) is 68.8. The fourth-order valence-electron chi connectivity index (χ4n) is 7.43. The lowest BCUT2D eigenvalue weighted by atomic mass is 9.96. The lowest BCUT2D eigenvalue weighted by molar-refractivity contribution is -0.137. The Kier molecular flexibility index (Phi) is 33.7. The second kappa shape index (κ2) is 36.7. The zero-order valence-electron chi connectivity index (χ0n) is 45.6. The maximum Gasteiger partial charge on any atom is 0.245 e. The van der Waals surface area contributed by atoms with E-state index in [1.54, 1.807) is 27.7 Å². The van der Waals surface area contributed by atoms with Crippen molar-refractivity contribution in [1.29, 1.82) is 0 Å². The first-order valence-electron chi connectivity index (χ1n) is 26.0. The van der Waals surface area contributed by atoms with Crippen LogP contribution in [0.3, 0.4) is 0 Å². The van der Waals surface area contributed by atoms with Crippen LogP contribution in [0.1, 0.15) is 133 Å². The highest BCUT2D eigenvalue weighted by Crippen LogP contribution is 2.14. The number of hydrogen-bond donors (Lipinski definition) is 16. The van der Waals surface area contributed by atoms with Crippen molar-refractivity contribution in [3.8, 4) is 0 Å². The van der Waals surface area contributed by atoms with Gasteiger partial charge in [-0.15, -0.1) is 0 Å². The van der Waals surface area contributed by atoms with Crippen LogP contribution in [0.25, 0.3) is 0 Å². The third-order valence-electron chi connectivity index (χ3n) is 12.0. The van der Waals surface area contributed by atoms with Gasteiger partial charge in [-0.3, -0.25) is 52.9 Å². The van der Waals surface area contributed by atoms with Crippen LogP contribution < -0.4 is 82.3 Å². The highest BCUT2D eigenvalue weighted by atomic mass is 16.3. The lowest BCUT2D eigenvalue weighted by Gasteiger charge is -2.30. The van der Waals surface area contributed by atoms with Crippen molar-refractivity contribution in [3.05, 3.63) is 0 Å². The fraction of sp³-hybridized carbons (Fsp3) is 0.771. The van der Waals surface area contributed by atoms with Gasteiger partial charge in [0.05, 0.1) is 12.6 Å². The molecule has 0 unspecified atom stereocenters. The van der Waals surface area contributed by atoms with Crippen LogP contribution in [0.15, 0.2) is 4.99 Å². The first-order valence-corrected chi connectivity index (χ1v) is 26.0. The maximum absolute atomic E-state index is 14.4. The van der Waals surface area contributed by atoms with Gasteiger partial charge in [0.2, 0.25) is 59.1 Å². The van der Waals surface area contributed by atoms with Gasteiger partial charge in [0.1, 0.15) is 54.4 Å². The Morgan fingerprint density at radius 2 is 0.840 bits per heavy atom. The number of guanidine groups is 1. The zero-order valence-corrected chi connectivity index (χ0v) is 45.6. The van der Waals surface area contributed by atoms with Gasteiger partial charge in [-0.25, -0.2) is 0 Å². The normalized spacial score (nSPS) is 15.6. The topological polar surface area (TPSA) is 468 Å². The number of hydrogen-bond acceptors (Lipinski definition) is 15. The van der Waals surface area contributed by atoms with E-state index in [9.17, 15) is 53.1 Å². The molecule has 27 nitrogen and oxygen atoms in total. The van der Waals surface area contributed by atoms with Gasteiger partial charge in [-0.2, -0.15) is 0 Å². The van der Waals surface area contributed by atoms with E-state index >= 15 is 0 Å². The number of carbonyl (C=O) groups excluding carboxylic acids is 10. The molecule has 0 aromatic heterocycles. The number of nitrogens with two attached hydrogens (primary N) is 6. The molecule has 0 saturated heterocycles. The minimum absolute atomic E-state index is 0.0137. The molecule has 27 heteroatoms. The van der Waals surface area contributed by atoms with E-state index in [2.05, 4.69) is 52.8 Å². The summed E-state index contributed by atoms with van der Waals surface area (Å²) in [6, 6.07) is -11.3. The predicted molar refractivity (Wildman–Crippen MR) is 283 cm³/mol. The number of primary amides is 1. The molecular formula is C48H92N16O11. The molecule has 0 aliphatic carbocycles. The molecule has 0 aromatic carbocycles. The molecule has 0 aliphatic heterocycles. The largest absolute Gasteiger partial charge is 0.391 e. The molecule has 75 heavy (non-hydrogen) atoms. The van der Waals surface area contributed by atoms with E-state index in [1.807, 2.05) is 13.8 Å². The molecule has 0 saturated carbocycles. The number of rotatable bonds is 38.